The van der Waals surface area contributed by atoms with Crippen LogP contribution in [0, 0.1) is 0 Å². The Balaban J connectivity index is 2.15. The predicted octanol–water partition coefficient (Wildman–Crippen LogP) is 2.64. The lowest BCUT2D eigenvalue weighted by Crippen LogP contribution is -2.29. The second-order valence-electron chi connectivity index (χ2n) is 4.41. The molecule has 0 bridgehead atoms. The minimum absolute atomic E-state index is 0.0135. The molecule has 1 atom stereocenters. The third kappa shape index (κ3) is 4.35. The maximum atomic E-state index is 10.8. The number of benzene rings is 1. The van der Waals surface area contributed by atoms with Crippen LogP contribution in [0.4, 0.5) is 0 Å². The number of rotatable bonds is 7. The average Bonchev–Trinajstić information content (AvgIpc) is 2.46. The zero-order chi connectivity index (χ0) is 15.2. The fourth-order valence-corrected chi connectivity index (χ4v) is 3.34. The molecular weight excluding hydrogens is 354 g/mol. The molecule has 4 nitrogen and oxygen atoms in total. The summed E-state index contributed by atoms with van der Waals surface area (Å²) < 4.78 is 6.75. The number of aliphatic carboxylic acids is 1. The monoisotopic (exact) mass is 368 g/mol. The first kappa shape index (κ1) is 16.1. The maximum absolute atomic E-state index is 10.8. The molecule has 112 valence electrons. The van der Waals surface area contributed by atoms with Crippen LogP contribution in [0.2, 0.25) is 0 Å². The van der Waals surface area contributed by atoms with E-state index in [1.807, 2.05) is 31.2 Å². The van der Waals surface area contributed by atoms with Crippen molar-refractivity contribution >= 4 is 44.6 Å². The van der Waals surface area contributed by atoms with Crippen molar-refractivity contribution in [3.05, 3.63) is 34.9 Å². The highest BCUT2D eigenvalue weighted by Crippen LogP contribution is 2.30. The average molecular weight is 369 g/mol. The predicted molar refractivity (Wildman–Crippen MR) is 86.5 cm³/mol. The molecule has 0 aliphatic rings. The number of nitrogens with zero attached hydrogens (tertiary/aromatic N) is 1. The summed E-state index contributed by atoms with van der Waals surface area (Å²) in [6.07, 6.45) is 1.70. The van der Waals surface area contributed by atoms with Crippen LogP contribution in [0.3, 0.4) is 0 Å². The molecule has 0 saturated carbocycles. The van der Waals surface area contributed by atoms with E-state index in [-0.39, 0.29) is 11.7 Å². The zero-order valence-corrected chi connectivity index (χ0v) is 13.9. The Bertz CT molecular complexity index is 635. The standard InChI is InChI=1S/C15H16BrNO3S/c1-2-21-10(8-14(18)19)9-20-13-6-5-12(16)11-4-3-7-17-15(11)13/h3-7,10H,2,8-9H2,1H3,(H,18,19)/p-1. The normalized spacial score (nSPS) is 12.3. The molecule has 0 fully saturated rings. The molecule has 0 saturated heterocycles. The lowest BCUT2D eigenvalue weighted by Gasteiger charge is -2.18. The van der Waals surface area contributed by atoms with Gasteiger partial charge in [0.05, 0.1) is 0 Å². The first-order valence-corrected chi connectivity index (χ1v) is 8.43. The second-order valence-corrected chi connectivity index (χ2v) is 6.84. The number of fused-ring (bicyclic) bond motifs is 1. The smallest absolute Gasteiger partial charge is 0.145 e. The van der Waals surface area contributed by atoms with E-state index < -0.39 is 5.97 Å². The van der Waals surface area contributed by atoms with Crippen molar-refractivity contribution in [1.82, 2.24) is 4.98 Å². The van der Waals surface area contributed by atoms with Gasteiger partial charge in [-0.3, -0.25) is 4.98 Å². The quantitative estimate of drug-likeness (QED) is 0.751. The SMILES string of the molecule is CCSC(COc1ccc(Br)c2cccnc12)CC(=O)[O-]. The van der Waals surface area contributed by atoms with Crippen molar-refractivity contribution in [2.75, 3.05) is 12.4 Å². The van der Waals surface area contributed by atoms with E-state index in [2.05, 4.69) is 20.9 Å². The van der Waals surface area contributed by atoms with E-state index in [0.717, 1.165) is 21.1 Å². The van der Waals surface area contributed by atoms with E-state index >= 15 is 0 Å². The lowest BCUT2D eigenvalue weighted by molar-refractivity contribution is -0.305. The van der Waals surface area contributed by atoms with Crippen LogP contribution < -0.4 is 9.84 Å². The van der Waals surface area contributed by atoms with Gasteiger partial charge >= 0.3 is 0 Å². The topological polar surface area (TPSA) is 62.2 Å². The minimum atomic E-state index is -1.05. The van der Waals surface area contributed by atoms with Gasteiger partial charge in [-0.2, -0.15) is 11.8 Å². The molecule has 0 N–H and O–H groups in total. The molecule has 1 unspecified atom stereocenters. The molecule has 0 aliphatic carbocycles. The van der Waals surface area contributed by atoms with Crippen molar-refractivity contribution in [3.63, 3.8) is 0 Å². The van der Waals surface area contributed by atoms with E-state index in [9.17, 15) is 9.90 Å². The van der Waals surface area contributed by atoms with E-state index in [1.54, 1.807) is 18.0 Å². The number of ether oxygens (including phenoxy) is 1. The van der Waals surface area contributed by atoms with Gasteiger partial charge in [-0.15, -0.1) is 0 Å². The van der Waals surface area contributed by atoms with E-state index in [4.69, 9.17) is 4.74 Å². The fraction of sp³-hybridized carbons (Fsp3) is 0.333. The molecule has 2 rings (SSSR count). The van der Waals surface area contributed by atoms with E-state index in [1.165, 1.54) is 0 Å². The van der Waals surface area contributed by atoms with Gasteiger partial charge in [0, 0.05) is 33.7 Å². The molecule has 6 heteroatoms. The zero-order valence-electron chi connectivity index (χ0n) is 11.5. The van der Waals surface area contributed by atoms with Crippen LogP contribution in [0.5, 0.6) is 5.75 Å². The number of thioether (sulfide) groups is 1. The summed E-state index contributed by atoms with van der Waals surface area (Å²) in [6, 6.07) is 7.56. The molecule has 0 aliphatic heterocycles. The van der Waals surface area contributed by atoms with Crippen LogP contribution in [0.1, 0.15) is 13.3 Å². The Morgan fingerprint density at radius 3 is 3.00 bits per heavy atom. The van der Waals surface area contributed by atoms with Crippen LogP contribution in [0.25, 0.3) is 10.9 Å². The highest BCUT2D eigenvalue weighted by molar-refractivity contribution is 9.10. The van der Waals surface area contributed by atoms with Crippen molar-refractivity contribution in [2.24, 2.45) is 0 Å². The van der Waals surface area contributed by atoms with Crippen LogP contribution >= 0.6 is 27.7 Å². The number of carbonyl (C=O) groups excluding carboxylic acids is 1. The molecule has 1 heterocycles. The Labute approximate surface area is 136 Å². The number of pyridine rings is 1. The maximum Gasteiger partial charge on any atom is 0.145 e. The Morgan fingerprint density at radius 2 is 2.29 bits per heavy atom. The Kier molecular flexibility index (Phi) is 5.87. The van der Waals surface area contributed by atoms with Crippen LogP contribution in [-0.4, -0.2) is 28.6 Å². The van der Waals surface area contributed by atoms with E-state index in [0.29, 0.717) is 12.4 Å². The number of aromatic nitrogens is 1. The molecule has 0 amide bonds. The number of halogens is 1. The number of carboxylic acids is 1. The summed E-state index contributed by atoms with van der Waals surface area (Å²) in [5.41, 5.74) is 0.764. The van der Waals surface area contributed by atoms with Crippen molar-refractivity contribution < 1.29 is 14.6 Å². The van der Waals surface area contributed by atoms with Crippen molar-refractivity contribution in [1.29, 1.82) is 0 Å². The number of carboxylic acid groups (broad SMARTS) is 1. The van der Waals surface area contributed by atoms with Gasteiger partial charge in [-0.05, 0) is 24.0 Å². The Morgan fingerprint density at radius 1 is 1.48 bits per heavy atom. The second kappa shape index (κ2) is 7.66. The van der Waals surface area contributed by atoms with Gasteiger partial charge in [-0.25, -0.2) is 0 Å². The molecule has 1 aromatic carbocycles. The van der Waals surface area contributed by atoms with Crippen LogP contribution in [-0.2, 0) is 4.79 Å². The first-order chi connectivity index (χ1) is 10.1. The minimum Gasteiger partial charge on any atom is -0.550 e. The van der Waals surface area contributed by atoms with Gasteiger partial charge in [0.1, 0.15) is 17.9 Å². The van der Waals surface area contributed by atoms with Gasteiger partial charge in [-0.1, -0.05) is 28.9 Å². The molecule has 1 aromatic heterocycles. The summed E-state index contributed by atoms with van der Waals surface area (Å²) in [6.45, 7) is 2.31. The molecule has 2 aromatic rings. The highest BCUT2D eigenvalue weighted by Gasteiger charge is 2.12. The summed E-state index contributed by atoms with van der Waals surface area (Å²) >= 11 is 5.04. The molecule has 0 radical (unpaired) electrons. The van der Waals surface area contributed by atoms with Gasteiger partial charge in [0.15, 0.2) is 0 Å². The number of hydrogen-bond acceptors (Lipinski definition) is 5. The van der Waals surface area contributed by atoms with Gasteiger partial charge in [0.2, 0.25) is 0 Å². The van der Waals surface area contributed by atoms with Crippen LogP contribution in [0.15, 0.2) is 34.9 Å². The highest BCUT2D eigenvalue weighted by atomic mass is 79.9. The summed E-state index contributed by atoms with van der Waals surface area (Å²) in [5.74, 6) is 0.442. The third-order valence-corrected chi connectivity index (χ3v) is 4.70. The largest absolute Gasteiger partial charge is 0.550 e. The number of carbonyl (C=O) groups is 1. The number of hydrogen-bond donors (Lipinski definition) is 0. The summed E-state index contributed by atoms with van der Waals surface area (Å²) in [5, 5.41) is 11.6. The summed E-state index contributed by atoms with van der Waals surface area (Å²) in [7, 11) is 0. The molecule has 0 spiro atoms. The fourth-order valence-electron chi connectivity index (χ4n) is 2.00. The van der Waals surface area contributed by atoms with Gasteiger partial charge in [0.25, 0.3) is 0 Å². The third-order valence-electron chi connectivity index (χ3n) is 2.90. The lowest BCUT2D eigenvalue weighted by atomic mass is 10.2. The van der Waals surface area contributed by atoms with Crippen molar-refractivity contribution in [3.8, 4) is 5.75 Å². The van der Waals surface area contributed by atoms with Crippen molar-refractivity contribution in [2.45, 2.75) is 18.6 Å². The molecular formula is C15H15BrNO3S-. The Hall–Kier alpha value is -1.27. The first-order valence-electron chi connectivity index (χ1n) is 6.59. The molecule has 21 heavy (non-hydrogen) atoms. The van der Waals surface area contributed by atoms with Gasteiger partial charge < -0.3 is 14.6 Å². The summed E-state index contributed by atoms with van der Waals surface area (Å²) in [4.78, 5) is 15.1.